The highest BCUT2D eigenvalue weighted by Gasteiger charge is 2.39. The van der Waals surface area contributed by atoms with Crippen molar-refractivity contribution >= 4 is 10.1 Å². The fraction of sp³-hybridized carbons (Fsp3) is 0.778. The average molecular weight is 302 g/mol. The van der Waals surface area contributed by atoms with Crippen molar-refractivity contribution in [2.75, 3.05) is 13.2 Å². The van der Waals surface area contributed by atoms with Gasteiger partial charge in [-0.3, -0.25) is 4.55 Å². The third kappa shape index (κ3) is 5.93. The van der Waals surface area contributed by atoms with E-state index in [-0.39, 0.29) is 6.61 Å². The summed E-state index contributed by atoms with van der Waals surface area (Å²) in [4.78, 5) is 0. The Balaban J connectivity index is 4.54. The molecule has 0 aliphatic heterocycles. The van der Waals surface area contributed by atoms with E-state index >= 15 is 0 Å². The van der Waals surface area contributed by atoms with Crippen LogP contribution in [0, 0.1) is 0 Å². The molecular formula is C9H18O9S. The summed E-state index contributed by atoms with van der Waals surface area (Å²) >= 11 is 0. The third-order valence-electron chi connectivity index (χ3n) is 2.22. The van der Waals surface area contributed by atoms with E-state index in [0.717, 1.165) is 0 Å². The minimum absolute atomic E-state index is 0.0655. The molecule has 0 saturated carbocycles. The minimum Gasteiger partial charge on any atom is -0.388 e. The quantitative estimate of drug-likeness (QED) is 0.146. The molecule has 0 radical (unpaired) electrons. The van der Waals surface area contributed by atoms with Crippen molar-refractivity contribution in [1.29, 1.82) is 0 Å². The molecule has 0 aliphatic rings. The van der Waals surface area contributed by atoms with E-state index in [4.69, 9.17) is 14.4 Å². The SMILES string of the molecule is C=CCOCC(O)C(O)C(O)C(O)C(O)S(=O)(=O)O. The Hall–Kier alpha value is -0.590. The first kappa shape index (κ1) is 18.4. The molecule has 0 aromatic heterocycles. The lowest BCUT2D eigenvalue weighted by Gasteiger charge is -2.27. The van der Waals surface area contributed by atoms with Crippen molar-refractivity contribution in [2.24, 2.45) is 0 Å². The predicted octanol–water partition coefficient (Wildman–Crippen LogP) is -3.16. The van der Waals surface area contributed by atoms with Crippen molar-refractivity contribution in [3.05, 3.63) is 12.7 Å². The van der Waals surface area contributed by atoms with E-state index in [2.05, 4.69) is 6.58 Å². The summed E-state index contributed by atoms with van der Waals surface area (Å²) in [6.07, 6.45) is -6.88. The Kier molecular flexibility index (Phi) is 7.62. The lowest BCUT2D eigenvalue weighted by Crippen LogP contribution is -2.51. The van der Waals surface area contributed by atoms with Gasteiger partial charge in [-0.1, -0.05) is 6.08 Å². The first-order valence-electron chi connectivity index (χ1n) is 5.18. The van der Waals surface area contributed by atoms with Gasteiger partial charge in [0.25, 0.3) is 10.1 Å². The van der Waals surface area contributed by atoms with E-state index in [0.29, 0.717) is 0 Å². The summed E-state index contributed by atoms with van der Waals surface area (Å²) in [7, 11) is -5.02. The normalized spacial score (nSPS) is 20.3. The van der Waals surface area contributed by atoms with Gasteiger partial charge in [-0.05, 0) is 0 Å². The molecule has 0 aromatic rings. The van der Waals surface area contributed by atoms with Crippen LogP contribution in [0.4, 0.5) is 0 Å². The standard InChI is InChI=1S/C9H18O9S/c1-2-3-18-4-5(10)6(11)7(12)8(13)9(14)19(15,16)17/h2,5-14H,1,3-4H2,(H,15,16,17). The third-order valence-corrected chi connectivity index (χ3v) is 3.10. The van der Waals surface area contributed by atoms with Crippen molar-refractivity contribution in [3.8, 4) is 0 Å². The molecule has 0 heterocycles. The molecule has 114 valence electrons. The van der Waals surface area contributed by atoms with Crippen LogP contribution in [0.25, 0.3) is 0 Å². The molecule has 5 atom stereocenters. The molecule has 0 rings (SSSR count). The molecular weight excluding hydrogens is 284 g/mol. The van der Waals surface area contributed by atoms with Gasteiger partial charge in [0.15, 0.2) is 0 Å². The summed E-state index contributed by atoms with van der Waals surface area (Å²) in [6.45, 7) is 2.98. The highest BCUT2D eigenvalue weighted by molar-refractivity contribution is 7.86. The Morgan fingerprint density at radius 3 is 2.00 bits per heavy atom. The largest absolute Gasteiger partial charge is 0.388 e. The Morgan fingerprint density at radius 1 is 1.05 bits per heavy atom. The van der Waals surface area contributed by atoms with E-state index in [1.54, 1.807) is 0 Å². The zero-order chi connectivity index (χ0) is 15.2. The summed E-state index contributed by atoms with van der Waals surface area (Å²) in [5.41, 5.74) is -2.71. The number of ether oxygens (including phenoxy) is 1. The van der Waals surface area contributed by atoms with Gasteiger partial charge < -0.3 is 30.3 Å². The van der Waals surface area contributed by atoms with Gasteiger partial charge in [-0.15, -0.1) is 6.58 Å². The molecule has 0 saturated heterocycles. The first-order valence-corrected chi connectivity index (χ1v) is 6.68. The van der Waals surface area contributed by atoms with Crippen LogP contribution < -0.4 is 0 Å². The smallest absolute Gasteiger partial charge is 0.294 e. The van der Waals surface area contributed by atoms with Gasteiger partial charge in [-0.25, -0.2) is 0 Å². The van der Waals surface area contributed by atoms with Crippen LogP contribution in [0.2, 0.25) is 0 Å². The maximum atomic E-state index is 10.5. The highest BCUT2D eigenvalue weighted by atomic mass is 32.2. The number of rotatable bonds is 9. The van der Waals surface area contributed by atoms with Crippen LogP contribution in [-0.2, 0) is 14.9 Å². The maximum absolute atomic E-state index is 10.5. The Labute approximate surface area is 110 Å². The molecule has 5 unspecified atom stereocenters. The van der Waals surface area contributed by atoms with E-state index in [9.17, 15) is 28.8 Å². The van der Waals surface area contributed by atoms with Crippen molar-refractivity contribution in [3.63, 3.8) is 0 Å². The van der Waals surface area contributed by atoms with Crippen molar-refractivity contribution in [2.45, 2.75) is 29.9 Å². The summed E-state index contributed by atoms with van der Waals surface area (Å²) in [5.74, 6) is 0. The van der Waals surface area contributed by atoms with Gasteiger partial charge >= 0.3 is 0 Å². The molecule has 10 heteroatoms. The molecule has 0 spiro atoms. The fourth-order valence-electron chi connectivity index (χ4n) is 1.15. The van der Waals surface area contributed by atoms with Crippen molar-refractivity contribution < 1.29 is 43.2 Å². The monoisotopic (exact) mass is 302 g/mol. The maximum Gasteiger partial charge on any atom is 0.294 e. The molecule has 0 aliphatic carbocycles. The first-order chi connectivity index (χ1) is 8.62. The second kappa shape index (κ2) is 7.87. The Morgan fingerprint density at radius 2 is 1.58 bits per heavy atom. The lowest BCUT2D eigenvalue weighted by molar-refractivity contribution is -0.133. The van der Waals surface area contributed by atoms with Crippen LogP contribution in [-0.4, -0.2) is 81.6 Å². The van der Waals surface area contributed by atoms with Gasteiger partial charge in [0.05, 0.1) is 13.2 Å². The second-order valence-corrected chi connectivity index (χ2v) is 5.28. The van der Waals surface area contributed by atoms with E-state index in [1.165, 1.54) is 6.08 Å². The molecule has 6 N–H and O–H groups in total. The van der Waals surface area contributed by atoms with Crippen LogP contribution >= 0.6 is 0 Å². The molecule has 0 amide bonds. The number of hydrogen-bond donors (Lipinski definition) is 6. The van der Waals surface area contributed by atoms with Gasteiger partial charge in [0, 0.05) is 0 Å². The fourth-order valence-corrected chi connectivity index (χ4v) is 1.66. The number of hydrogen-bond acceptors (Lipinski definition) is 8. The predicted molar refractivity (Wildman–Crippen MR) is 62.6 cm³/mol. The van der Waals surface area contributed by atoms with Crippen LogP contribution in [0.1, 0.15) is 0 Å². The Bertz CT molecular complexity index is 368. The van der Waals surface area contributed by atoms with Crippen LogP contribution in [0.3, 0.4) is 0 Å². The van der Waals surface area contributed by atoms with E-state index in [1.807, 2.05) is 0 Å². The summed E-state index contributed by atoms with van der Waals surface area (Å²) < 4.78 is 34.3. The van der Waals surface area contributed by atoms with E-state index < -0.39 is 46.6 Å². The van der Waals surface area contributed by atoms with Gasteiger partial charge in [0.2, 0.25) is 5.44 Å². The summed E-state index contributed by atoms with van der Waals surface area (Å²) in [6, 6.07) is 0. The van der Waals surface area contributed by atoms with Gasteiger partial charge in [0.1, 0.15) is 24.4 Å². The molecule has 0 aromatic carbocycles. The molecule has 0 fully saturated rings. The molecule has 9 nitrogen and oxygen atoms in total. The summed E-state index contributed by atoms with van der Waals surface area (Å²) in [5, 5.41) is 46.4. The lowest BCUT2D eigenvalue weighted by atomic mass is 10.0. The van der Waals surface area contributed by atoms with Gasteiger partial charge in [-0.2, -0.15) is 8.42 Å². The average Bonchev–Trinajstić information content (AvgIpc) is 2.34. The zero-order valence-corrected chi connectivity index (χ0v) is 10.7. The molecule has 19 heavy (non-hydrogen) atoms. The highest BCUT2D eigenvalue weighted by Crippen LogP contribution is 2.12. The minimum atomic E-state index is -5.02. The zero-order valence-electron chi connectivity index (χ0n) is 9.90. The van der Waals surface area contributed by atoms with Crippen LogP contribution in [0.5, 0.6) is 0 Å². The number of aliphatic hydroxyl groups excluding tert-OH is 5. The van der Waals surface area contributed by atoms with Crippen molar-refractivity contribution in [1.82, 2.24) is 0 Å². The van der Waals surface area contributed by atoms with Crippen LogP contribution in [0.15, 0.2) is 12.7 Å². The molecule has 0 bridgehead atoms. The second-order valence-electron chi connectivity index (χ2n) is 3.77. The topological polar surface area (TPSA) is 165 Å². The number of aliphatic hydroxyl groups is 5.